The monoisotopic (exact) mass is 457 g/mol. The summed E-state index contributed by atoms with van der Waals surface area (Å²) in [5, 5.41) is 12.8. The Morgan fingerprint density at radius 1 is 1.00 bits per heavy atom. The Labute approximate surface area is 190 Å². The SMILES string of the molecule is CCCOc1ccc(-c2cccc(C(=O)O)c2)cc1CNC(=O)c1ccc(Cl)cc1Cl. The van der Waals surface area contributed by atoms with Gasteiger partial charge in [-0.3, -0.25) is 4.79 Å². The molecule has 31 heavy (non-hydrogen) atoms. The number of carbonyl (C=O) groups excluding carboxylic acids is 1. The molecular weight excluding hydrogens is 437 g/mol. The topological polar surface area (TPSA) is 75.6 Å². The lowest BCUT2D eigenvalue weighted by Crippen LogP contribution is -2.23. The van der Waals surface area contributed by atoms with Gasteiger partial charge in [-0.15, -0.1) is 0 Å². The van der Waals surface area contributed by atoms with Gasteiger partial charge in [0.2, 0.25) is 0 Å². The standard InChI is InChI=1S/C24H21Cl2NO4/c1-2-10-31-22-9-6-16(15-4-3-5-17(11-15)24(29)30)12-18(22)14-27-23(28)20-8-7-19(25)13-21(20)26/h3-9,11-13H,2,10,14H2,1H3,(H,27,28)(H,29,30). The molecule has 0 atom stereocenters. The first-order chi connectivity index (χ1) is 14.9. The van der Waals surface area contributed by atoms with Crippen LogP contribution in [0.5, 0.6) is 5.75 Å². The van der Waals surface area contributed by atoms with Crippen LogP contribution in [-0.4, -0.2) is 23.6 Å². The molecule has 0 saturated carbocycles. The number of nitrogens with one attached hydrogen (secondary N) is 1. The van der Waals surface area contributed by atoms with Crippen LogP contribution in [0.15, 0.2) is 60.7 Å². The highest BCUT2D eigenvalue weighted by molar-refractivity contribution is 6.36. The Morgan fingerprint density at radius 3 is 2.48 bits per heavy atom. The van der Waals surface area contributed by atoms with E-state index in [9.17, 15) is 14.7 Å². The fourth-order valence-corrected chi connectivity index (χ4v) is 3.52. The maximum atomic E-state index is 12.6. The Hall–Kier alpha value is -3.02. The van der Waals surface area contributed by atoms with Gasteiger partial charge in [0, 0.05) is 17.1 Å². The molecule has 2 N–H and O–H groups in total. The van der Waals surface area contributed by atoms with Crippen LogP contribution in [0.3, 0.4) is 0 Å². The van der Waals surface area contributed by atoms with Crippen molar-refractivity contribution in [2.45, 2.75) is 19.9 Å². The van der Waals surface area contributed by atoms with Gasteiger partial charge in [0.25, 0.3) is 5.91 Å². The van der Waals surface area contributed by atoms with Crippen LogP contribution in [0, 0.1) is 0 Å². The predicted octanol–water partition coefficient (Wildman–Crippen LogP) is 6.08. The number of halogens is 2. The predicted molar refractivity (Wildman–Crippen MR) is 122 cm³/mol. The number of ether oxygens (including phenoxy) is 1. The van der Waals surface area contributed by atoms with Gasteiger partial charge in [-0.1, -0.05) is 48.3 Å². The lowest BCUT2D eigenvalue weighted by Gasteiger charge is -2.14. The first kappa shape index (κ1) is 22.7. The van der Waals surface area contributed by atoms with E-state index >= 15 is 0 Å². The molecule has 0 aliphatic carbocycles. The summed E-state index contributed by atoms with van der Waals surface area (Å²) in [6.07, 6.45) is 0.842. The van der Waals surface area contributed by atoms with Gasteiger partial charge in [-0.25, -0.2) is 4.79 Å². The second-order valence-corrected chi connectivity index (χ2v) is 7.71. The van der Waals surface area contributed by atoms with Crippen molar-refractivity contribution in [1.29, 1.82) is 0 Å². The number of amides is 1. The van der Waals surface area contributed by atoms with Crippen molar-refractivity contribution >= 4 is 35.1 Å². The third-order valence-corrected chi connectivity index (χ3v) is 5.13. The fraction of sp³-hybridized carbons (Fsp3) is 0.167. The molecule has 0 spiro atoms. The van der Waals surface area contributed by atoms with E-state index < -0.39 is 5.97 Å². The van der Waals surface area contributed by atoms with Crippen LogP contribution in [-0.2, 0) is 6.54 Å². The van der Waals surface area contributed by atoms with Crippen molar-refractivity contribution < 1.29 is 19.4 Å². The Kier molecular flexibility index (Phi) is 7.55. The van der Waals surface area contributed by atoms with Crippen molar-refractivity contribution in [3.05, 3.63) is 87.4 Å². The smallest absolute Gasteiger partial charge is 0.335 e. The van der Waals surface area contributed by atoms with Gasteiger partial charge in [0.1, 0.15) is 5.75 Å². The van der Waals surface area contributed by atoms with Gasteiger partial charge < -0.3 is 15.2 Å². The molecule has 3 rings (SSSR count). The van der Waals surface area contributed by atoms with Crippen LogP contribution in [0.25, 0.3) is 11.1 Å². The molecule has 1 amide bonds. The number of carboxylic acids is 1. The molecule has 0 fully saturated rings. The Balaban J connectivity index is 1.87. The highest BCUT2D eigenvalue weighted by atomic mass is 35.5. The largest absolute Gasteiger partial charge is 0.493 e. The summed E-state index contributed by atoms with van der Waals surface area (Å²) in [5.41, 5.74) is 2.88. The molecular formula is C24H21Cl2NO4. The summed E-state index contributed by atoms with van der Waals surface area (Å²) in [6, 6.07) is 17.0. The number of aromatic carboxylic acids is 1. The molecule has 0 aliphatic rings. The number of carbonyl (C=O) groups is 2. The number of benzene rings is 3. The molecule has 0 aliphatic heterocycles. The van der Waals surface area contributed by atoms with Crippen molar-refractivity contribution in [3.63, 3.8) is 0 Å². The summed E-state index contributed by atoms with van der Waals surface area (Å²) < 4.78 is 5.83. The van der Waals surface area contributed by atoms with E-state index in [1.165, 1.54) is 6.07 Å². The van der Waals surface area contributed by atoms with E-state index in [1.54, 1.807) is 30.3 Å². The first-order valence-electron chi connectivity index (χ1n) is 9.71. The molecule has 5 nitrogen and oxygen atoms in total. The van der Waals surface area contributed by atoms with Crippen LogP contribution in [0.2, 0.25) is 10.0 Å². The quantitative estimate of drug-likeness (QED) is 0.429. The minimum Gasteiger partial charge on any atom is -0.493 e. The maximum absolute atomic E-state index is 12.6. The average molecular weight is 458 g/mol. The molecule has 0 unspecified atom stereocenters. The first-order valence-corrected chi connectivity index (χ1v) is 10.5. The molecule has 0 saturated heterocycles. The summed E-state index contributed by atoms with van der Waals surface area (Å²) >= 11 is 12.0. The van der Waals surface area contributed by atoms with E-state index in [2.05, 4.69) is 5.32 Å². The molecule has 160 valence electrons. The van der Waals surface area contributed by atoms with Crippen molar-refractivity contribution in [2.75, 3.05) is 6.61 Å². The van der Waals surface area contributed by atoms with E-state index in [1.807, 2.05) is 31.2 Å². The number of hydrogen-bond acceptors (Lipinski definition) is 3. The minimum absolute atomic E-state index is 0.205. The zero-order valence-corrected chi connectivity index (χ0v) is 18.3. The maximum Gasteiger partial charge on any atom is 0.335 e. The van der Waals surface area contributed by atoms with Crippen molar-refractivity contribution in [3.8, 4) is 16.9 Å². The van der Waals surface area contributed by atoms with Gasteiger partial charge in [-0.05, 0) is 60.0 Å². The van der Waals surface area contributed by atoms with Gasteiger partial charge in [0.05, 0.1) is 22.8 Å². The zero-order chi connectivity index (χ0) is 22.4. The van der Waals surface area contributed by atoms with Crippen LogP contribution < -0.4 is 10.1 Å². The Bertz CT molecular complexity index is 1110. The molecule has 0 radical (unpaired) electrons. The summed E-state index contributed by atoms with van der Waals surface area (Å²) in [7, 11) is 0. The van der Waals surface area contributed by atoms with Gasteiger partial charge in [0.15, 0.2) is 0 Å². The summed E-state index contributed by atoms with van der Waals surface area (Å²) in [6.45, 7) is 2.76. The highest BCUT2D eigenvalue weighted by Gasteiger charge is 2.13. The molecule has 0 heterocycles. The van der Waals surface area contributed by atoms with E-state index in [0.717, 1.165) is 23.1 Å². The number of carboxylic acid groups (broad SMARTS) is 1. The molecule has 3 aromatic rings. The molecule has 3 aromatic carbocycles. The lowest BCUT2D eigenvalue weighted by molar-refractivity contribution is 0.0696. The van der Waals surface area contributed by atoms with Crippen LogP contribution in [0.4, 0.5) is 0 Å². The van der Waals surface area contributed by atoms with Crippen molar-refractivity contribution in [1.82, 2.24) is 5.32 Å². The van der Waals surface area contributed by atoms with Crippen LogP contribution in [0.1, 0.15) is 39.6 Å². The summed E-state index contributed by atoms with van der Waals surface area (Å²) in [4.78, 5) is 23.9. The number of rotatable bonds is 8. The third-order valence-electron chi connectivity index (χ3n) is 4.58. The van der Waals surface area contributed by atoms with Crippen molar-refractivity contribution in [2.24, 2.45) is 0 Å². The zero-order valence-electron chi connectivity index (χ0n) is 16.8. The third kappa shape index (κ3) is 5.78. The number of hydrogen-bond donors (Lipinski definition) is 2. The van der Waals surface area contributed by atoms with Crippen LogP contribution >= 0.6 is 23.2 Å². The normalized spacial score (nSPS) is 10.5. The lowest BCUT2D eigenvalue weighted by atomic mass is 10.0. The highest BCUT2D eigenvalue weighted by Crippen LogP contribution is 2.28. The molecule has 0 bridgehead atoms. The van der Waals surface area contributed by atoms with Gasteiger partial charge >= 0.3 is 5.97 Å². The molecule has 7 heteroatoms. The van der Waals surface area contributed by atoms with E-state index in [-0.39, 0.29) is 23.0 Å². The minimum atomic E-state index is -0.989. The van der Waals surface area contributed by atoms with Gasteiger partial charge in [-0.2, -0.15) is 0 Å². The summed E-state index contributed by atoms with van der Waals surface area (Å²) in [5.74, 6) is -0.666. The second kappa shape index (κ2) is 10.3. The van der Waals surface area contributed by atoms with E-state index in [4.69, 9.17) is 27.9 Å². The average Bonchev–Trinajstić information content (AvgIpc) is 2.76. The van der Waals surface area contributed by atoms with E-state index in [0.29, 0.717) is 22.9 Å². The molecule has 0 aromatic heterocycles. The Morgan fingerprint density at radius 2 is 1.77 bits per heavy atom. The fourth-order valence-electron chi connectivity index (χ4n) is 3.03. The second-order valence-electron chi connectivity index (χ2n) is 6.86.